The first-order valence-electron chi connectivity index (χ1n) is 22.2. The number of aliphatic carboxylic acids is 1. The second-order valence-electron chi connectivity index (χ2n) is 17.6. The van der Waals surface area contributed by atoms with Crippen molar-refractivity contribution in [3.05, 3.63) is 0 Å². The minimum Gasteiger partial charge on any atom is -0.477 e. The van der Waals surface area contributed by atoms with E-state index in [9.17, 15) is 101 Å². The smallest absolute Gasteiger partial charge is 0.364 e. The average molecular weight is 1040 g/mol. The maximum absolute atomic E-state index is 13.0. The van der Waals surface area contributed by atoms with Crippen molar-refractivity contribution in [2.45, 2.75) is 186 Å². The van der Waals surface area contributed by atoms with Crippen LogP contribution in [-0.2, 0) is 61.8 Å². The van der Waals surface area contributed by atoms with E-state index in [1.165, 1.54) is 0 Å². The third-order valence-electron chi connectivity index (χ3n) is 12.5. The molecule has 5 fully saturated rings. The van der Waals surface area contributed by atoms with Crippen LogP contribution in [0.1, 0.15) is 27.2 Å². The summed E-state index contributed by atoms with van der Waals surface area (Å²) in [5.41, 5.74) is 0. The van der Waals surface area contributed by atoms with Gasteiger partial charge in [-0.3, -0.25) is 14.4 Å². The third kappa shape index (κ3) is 13.1. The number of rotatable bonds is 19. The van der Waals surface area contributed by atoms with Crippen molar-refractivity contribution < 1.29 is 144 Å². The molecule has 0 aromatic heterocycles. The molecule has 0 aromatic carbocycles. The maximum atomic E-state index is 13.0. The number of carboxylic acids is 1. The Bertz CT molecular complexity index is 1770. The lowest BCUT2D eigenvalue weighted by Gasteiger charge is -2.51. The molecule has 26 atom stereocenters. The highest BCUT2D eigenvalue weighted by atomic mass is 16.8. The number of carbonyl (C=O) groups excluding carboxylic acids is 3. The Morgan fingerprint density at radius 1 is 0.577 bits per heavy atom. The molecule has 0 aliphatic carbocycles. The van der Waals surface area contributed by atoms with E-state index in [-0.39, 0.29) is 0 Å². The second-order valence-corrected chi connectivity index (χ2v) is 17.6. The van der Waals surface area contributed by atoms with Gasteiger partial charge in [0.25, 0.3) is 5.79 Å². The van der Waals surface area contributed by atoms with E-state index in [1.54, 1.807) is 0 Å². The molecule has 0 radical (unpaired) electrons. The van der Waals surface area contributed by atoms with Crippen LogP contribution in [0.5, 0.6) is 0 Å². The molecule has 3 amide bonds. The Hall–Kier alpha value is -3.08. The first-order valence-corrected chi connectivity index (χ1v) is 22.2. The average Bonchev–Trinajstić information content (AvgIpc) is 3.31. The number of ether oxygens (including phenoxy) is 9. The third-order valence-corrected chi connectivity index (χ3v) is 12.5. The highest BCUT2D eigenvalue weighted by Gasteiger charge is 2.61. The summed E-state index contributed by atoms with van der Waals surface area (Å²) in [6, 6.07) is -5.04. The molecule has 71 heavy (non-hydrogen) atoms. The number of hydrogen-bond donors (Lipinski definition) is 19. The molecular weight excluding hydrogens is 974 g/mol. The van der Waals surface area contributed by atoms with Gasteiger partial charge >= 0.3 is 5.97 Å². The Morgan fingerprint density at radius 2 is 1.08 bits per heavy atom. The molecule has 19 N–H and O–H groups in total. The lowest BCUT2D eigenvalue weighted by Crippen LogP contribution is -2.71. The molecule has 0 aromatic rings. The lowest BCUT2D eigenvalue weighted by atomic mass is 9.88. The van der Waals surface area contributed by atoms with Crippen LogP contribution in [-0.4, -0.2) is 297 Å². The lowest BCUT2D eigenvalue weighted by molar-refractivity contribution is -0.381. The Balaban J connectivity index is 1.39. The predicted octanol–water partition coefficient (Wildman–Crippen LogP) is -12.3. The topological polar surface area (TPSA) is 511 Å². The molecule has 0 unspecified atom stereocenters. The Labute approximate surface area is 402 Å². The number of aliphatic hydroxyl groups excluding tert-OH is 15. The largest absolute Gasteiger partial charge is 0.477 e. The normalized spacial score (nSPS) is 45.0. The minimum atomic E-state index is -3.18. The molecule has 5 aliphatic heterocycles. The zero-order valence-corrected chi connectivity index (χ0v) is 38.1. The molecular formula is C39H65N3O29. The van der Waals surface area contributed by atoms with E-state index < -0.39 is 222 Å². The summed E-state index contributed by atoms with van der Waals surface area (Å²) >= 11 is 0. The van der Waals surface area contributed by atoms with Gasteiger partial charge in [-0.15, -0.1) is 0 Å². The molecule has 32 heteroatoms. The van der Waals surface area contributed by atoms with Crippen LogP contribution in [0, 0.1) is 0 Å². The monoisotopic (exact) mass is 1040 g/mol. The summed E-state index contributed by atoms with van der Waals surface area (Å²) in [5, 5.41) is 177. The number of aliphatic hydroxyl groups is 15. The van der Waals surface area contributed by atoms with Crippen molar-refractivity contribution >= 4 is 23.7 Å². The highest BCUT2D eigenvalue weighted by Crippen LogP contribution is 2.39. The van der Waals surface area contributed by atoms with Gasteiger partial charge in [0.2, 0.25) is 17.7 Å². The molecule has 5 heterocycles. The zero-order valence-electron chi connectivity index (χ0n) is 38.1. The molecule has 5 saturated heterocycles. The predicted molar refractivity (Wildman–Crippen MR) is 219 cm³/mol. The first kappa shape index (κ1) is 58.8. The van der Waals surface area contributed by atoms with Crippen molar-refractivity contribution in [1.29, 1.82) is 0 Å². The number of amides is 3. The first-order chi connectivity index (χ1) is 33.3. The van der Waals surface area contributed by atoms with Gasteiger partial charge in [-0.25, -0.2) is 4.79 Å². The number of hydrogen-bond acceptors (Lipinski definition) is 28. The SMILES string of the molecule is CC(=O)N[C@@H]1[C@@H](O[C@@H]2O[C@H](CO)[C@H](O)[C@H](O[C@]3(C(=O)O)C[C@H](O)[C@@H](NC(C)=O)[C@H]([C@H](O)[C@H](O)CO)O3)[C@H]2O)[C@@H](O)[C@@H](CO[C@@H]2O[C@H](CO)[C@@H](O[C@@H]3O[C@H](CO)[C@H](O)[C@H](O)[C@H]3O)[C@H](O)[C@H]2NC(C)=O)O[C@H]1O. The molecule has 0 saturated carbocycles. The zero-order chi connectivity index (χ0) is 53.0. The van der Waals surface area contributed by atoms with Gasteiger partial charge in [-0.05, 0) is 0 Å². The van der Waals surface area contributed by atoms with Crippen molar-refractivity contribution in [2.24, 2.45) is 0 Å². The minimum absolute atomic E-state index is 0.788. The van der Waals surface area contributed by atoms with E-state index in [0.29, 0.717) is 0 Å². The van der Waals surface area contributed by atoms with E-state index in [1.807, 2.05) is 0 Å². The number of carbonyl (C=O) groups is 4. The van der Waals surface area contributed by atoms with Crippen LogP contribution in [0.3, 0.4) is 0 Å². The quantitative estimate of drug-likeness (QED) is 0.0571. The van der Waals surface area contributed by atoms with Gasteiger partial charge in [-0.2, -0.15) is 0 Å². The fourth-order valence-corrected chi connectivity index (χ4v) is 8.84. The Morgan fingerprint density at radius 3 is 1.63 bits per heavy atom. The van der Waals surface area contributed by atoms with Gasteiger partial charge in [0.15, 0.2) is 25.2 Å². The van der Waals surface area contributed by atoms with E-state index in [4.69, 9.17) is 42.6 Å². The maximum Gasteiger partial charge on any atom is 0.364 e. The fraction of sp³-hybridized carbons (Fsp3) is 0.897. The molecule has 32 nitrogen and oxygen atoms in total. The van der Waals surface area contributed by atoms with Crippen LogP contribution < -0.4 is 16.0 Å². The summed E-state index contributed by atoms with van der Waals surface area (Å²) < 4.78 is 50.9. The molecule has 0 bridgehead atoms. The van der Waals surface area contributed by atoms with Crippen LogP contribution in [0.15, 0.2) is 0 Å². The van der Waals surface area contributed by atoms with E-state index in [0.717, 1.165) is 20.8 Å². The molecule has 5 rings (SSSR count). The standard InChI is InChI=1S/C39H65N3O29/c1-10(47)40-19-13(50)4-39(38(61)62,70-32(19)22(52)14(51)5-43)71-33-24(54)16(7-45)66-37(29(33)59)69-31-21(42-12(3)49)34(60)64-18(25(31)55)9-63-35-20(41-11(2)48)26(56)30(17(8-46)67-35)68-36-28(58)27(57)23(53)15(6-44)65-36/h13-37,43-46,50-60H,4-9H2,1-3H3,(H,40,47)(H,41,48)(H,42,49)(H,61,62)/t13-,14+,15+,16+,17+,18+,19+,20+,21+,22+,23-,24-,25-,26+,27-,28+,29+,30+,31+,32+,33-,34+,35+,36-,37-,39-/m0/s1. The van der Waals surface area contributed by atoms with Crippen molar-refractivity contribution in [3.63, 3.8) is 0 Å². The van der Waals surface area contributed by atoms with Gasteiger partial charge in [-0.1, -0.05) is 0 Å². The van der Waals surface area contributed by atoms with Crippen LogP contribution in [0.4, 0.5) is 0 Å². The summed E-state index contributed by atoms with van der Waals surface area (Å²) in [6.45, 7) is -1.88. The summed E-state index contributed by atoms with van der Waals surface area (Å²) in [6.07, 6.45) is -44.2. The number of nitrogens with one attached hydrogen (secondary N) is 3. The van der Waals surface area contributed by atoms with Crippen LogP contribution in [0.2, 0.25) is 0 Å². The fourth-order valence-electron chi connectivity index (χ4n) is 8.84. The van der Waals surface area contributed by atoms with Crippen molar-refractivity contribution in [1.82, 2.24) is 16.0 Å². The van der Waals surface area contributed by atoms with Crippen LogP contribution >= 0.6 is 0 Å². The highest BCUT2D eigenvalue weighted by molar-refractivity contribution is 5.77. The van der Waals surface area contributed by atoms with E-state index in [2.05, 4.69) is 16.0 Å². The van der Waals surface area contributed by atoms with Crippen molar-refractivity contribution in [2.75, 3.05) is 33.0 Å². The van der Waals surface area contributed by atoms with Gasteiger partial charge in [0, 0.05) is 27.2 Å². The van der Waals surface area contributed by atoms with Gasteiger partial charge in [0.05, 0.1) is 45.2 Å². The summed E-state index contributed by atoms with van der Waals surface area (Å²) in [5.74, 6) is -7.69. The summed E-state index contributed by atoms with van der Waals surface area (Å²) in [4.78, 5) is 49.7. The van der Waals surface area contributed by atoms with Crippen LogP contribution in [0.25, 0.3) is 0 Å². The van der Waals surface area contributed by atoms with Crippen molar-refractivity contribution in [3.8, 4) is 0 Å². The number of carboxylic acid groups (broad SMARTS) is 1. The molecule has 410 valence electrons. The Kier molecular flexibility index (Phi) is 20.7. The second kappa shape index (κ2) is 25.0. The molecule has 0 spiro atoms. The van der Waals surface area contributed by atoms with E-state index >= 15 is 0 Å². The van der Waals surface area contributed by atoms with Gasteiger partial charge in [0.1, 0.15) is 116 Å². The van der Waals surface area contributed by atoms with Gasteiger partial charge < -0.3 is 140 Å². The molecule has 5 aliphatic rings. The summed E-state index contributed by atoms with van der Waals surface area (Å²) in [7, 11) is 0.